The van der Waals surface area contributed by atoms with Gasteiger partial charge >= 0.3 is 0 Å². The minimum Gasteiger partial charge on any atom is -0.358 e. The second-order valence-corrected chi connectivity index (χ2v) is 29.0. The highest BCUT2D eigenvalue weighted by molar-refractivity contribution is 7.17. The quantitative estimate of drug-likeness (QED) is 0.150. The van der Waals surface area contributed by atoms with Crippen molar-refractivity contribution in [2.75, 3.05) is 14.7 Å². The van der Waals surface area contributed by atoms with E-state index in [9.17, 15) is 0 Å². The summed E-state index contributed by atoms with van der Waals surface area (Å²) in [6.45, 7) is 36.2. The molecule has 0 spiro atoms. The molecule has 4 heteroatoms. The van der Waals surface area contributed by atoms with E-state index in [4.69, 9.17) is 0 Å². The molecule has 3 nitrogen and oxygen atoms in total. The molecule has 0 bridgehead atoms. The SMILES string of the molecule is CC(C)(C)c1cccc(N(C2=CC(N(c3ccc(C(C)(C)C)cc3-c3ccccc3)c3csc4cc5c(cc34)C(C)(C)CCC5(C)C)=CC(N3c4ccccc4C4(C)CCCCC34C)C2)c2cccc(C(C)(C)C)c2)c1. The van der Waals surface area contributed by atoms with Crippen molar-refractivity contribution in [1.82, 2.24) is 0 Å². The molecule has 1 saturated carbocycles. The maximum absolute atomic E-state index is 2.93. The molecule has 4 aliphatic rings. The van der Waals surface area contributed by atoms with E-state index in [1.807, 2.05) is 11.3 Å². The fourth-order valence-electron chi connectivity index (χ4n) is 13.9. The van der Waals surface area contributed by atoms with Crippen LogP contribution in [0.3, 0.4) is 0 Å². The fourth-order valence-corrected chi connectivity index (χ4v) is 14.8. The third kappa shape index (κ3) is 8.87. The van der Waals surface area contributed by atoms with Gasteiger partial charge in [-0.2, -0.15) is 0 Å². The molecule has 1 aromatic heterocycles. The molecule has 3 unspecified atom stereocenters. The maximum Gasteiger partial charge on any atom is 0.0647 e. The van der Waals surface area contributed by atoms with Crippen LogP contribution in [0.1, 0.15) is 182 Å². The maximum atomic E-state index is 2.93. The van der Waals surface area contributed by atoms with Gasteiger partial charge in [-0.05, 0) is 165 Å². The Labute approximate surface area is 461 Å². The number of fused-ring (bicyclic) bond motifs is 5. The number of hydrogen-bond donors (Lipinski definition) is 0. The Morgan fingerprint density at radius 1 is 0.526 bits per heavy atom. The van der Waals surface area contributed by atoms with Gasteiger partial charge in [0.25, 0.3) is 0 Å². The Kier molecular flexibility index (Phi) is 12.6. The van der Waals surface area contributed by atoms with Crippen LogP contribution in [0.25, 0.3) is 21.2 Å². The lowest BCUT2D eigenvalue weighted by Gasteiger charge is -2.53. The van der Waals surface area contributed by atoms with E-state index in [1.165, 1.54) is 127 Å². The van der Waals surface area contributed by atoms with Crippen molar-refractivity contribution >= 4 is 49.9 Å². The molecule has 1 fully saturated rings. The summed E-state index contributed by atoms with van der Waals surface area (Å²) < 4.78 is 1.35. The molecule has 3 aliphatic carbocycles. The Morgan fingerprint density at radius 2 is 1.11 bits per heavy atom. The molecule has 1 aliphatic heterocycles. The number of rotatable bonds is 8. The van der Waals surface area contributed by atoms with E-state index in [-0.39, 0.29) is 44.1 Å². The summed E-state index contributed by atoms with van der Waals surface area (Å²) in [6.07, 6.45) is 13.3. The summed E-state index contributed by atoms with van der Waals surface area (Å²) in [5.41, 5.74) is 19.7. The highest BCUT2D eigenvalue weighted by Gasteiger charge is 2.58. The van der Waals surface area contributed by atoms with Crippen molar-refractivity contribution < 1.29 is 0 Å². The van der Waals surface area contributed by atoms with E-state index >= 15 is 0 Å². The van der Waals surface area contributed by atoms with Gasteiger partial charge < -0.3 is 14.7 Å². The first-order valence-corrected chi connectivity index (χ1v) is 29.6. The van der Waals surface area contributed by atoms with Crippen LogP contribution in [0.5, 0.6) is 0 Å². The molecule has 0 amide bonds. The molecule has 0 N–H and O–H groups in total. The van der Waals surface area contributed by atoms with Gasteiger partial charge in [0.15, 0.2) is 0 Å². The van der Waals surface area contributed by atoms with Crippen molar-refractivity contribution in [2.45, 2.75) is 193 Å². The lowest BCUT2D eigenvalue weighted by atomic mass is 9.61. The zero-order valence-electron chi connectivity index (χ0n) is 48.7. The van der Waals surface area contributed by atoms with Crippen LogP contribution in [0, 0.1) is 0 Å². The monoisotopic (exact) mass is 1020 g/mol. The van der Waals surface area contributed by atoms with Gasteiger partial charge in [-0.3, -0.25) is 0 Å². The van der Waals surface area contributed by atoms with E-state index in [1.54, 1.807) is 0 Å². The molecule has 0 radical (unpaired) electrons. The van der Waals surface area contributed by atoms with Crippen LogP contribution in [0.4, 0.5) is 28.4 Å². The summed E-state index contributed by atoms with van der Waals surface area (Å²) in [7, 11) is 0. The first-order chi connectivity index (χ1) is 35.8. The fraction of sp³-hybridized carbons (Fsp3) is 0.417. The van der Waals surface area contributed by atoms with Gasteiger partial charge in [-0.1, -0.05) is 189 Å². The van der Waals surface area contributed by atoms with Gasteiger partial charge in [0.1, 0.15) is 0 Å². The second kappa shape index (κ2) is 18.4. The Hall–Kier alpha value is -5.84. The number of para-hydroxylation sites is 1. The van der Waals surface area contributed by atoms with Crippen molar-refractivity contribution in [3.05, 3.63) is 196 Å². The standard InChI is InChI=1S/C72H85N3S/c1-66(2,3)49-27-23-29-52(39-49)73(53-30-24-28-50(40-53)67(4,5)6)54-42-55(44-56(43-54)75-63-32-20-19-31-59(63)71(14)35-21-22-36-72(71,75)15)74(62-34-33-51(68(7,8)9)41-57(62)48-25-17-16-18-26-48)64-47-76-65-46-61-60(45-58(64)65)69(10,11)37-38-70(61,12)13/h16-20,23-34,39-42,44-47,56H,21-22,35-38,43H2,1-15H3. The van der Waals surface area contributed by atoms with E-state index < -0.39 is 0 Å². The van der Waals surface area contributed by atoms with Crippen molar-refractivity contribution in [3.8, 4) is 11.1 Å². The zero-order chi connectivity index (χ0) is 54.0. The zero-order valence-corrected chi connectivity index (χ0v) is 49.5. The third-order valence-corrected chi connectivity index (χ3v) is 19.9. The number of thiophene rings is 1. The van der Waals surface area contributed by atoms with Crippen LogP contribution in [-0.4, -0.2) is 11.6 Å². The summed E-state index contributed by atoms with van der Waals surface area (Å²) in [5, 5.41) is 3.82. The van der Waals surface area contributed by atoms with Gasteiger partial charge in [-0.15, -0.1) is 11.3 Å². The van der Waals surface area contributed by atoms with Crippen molar-refractivity contribution in [3.63, 3.8) is 0 Å². The molecule has 394 valence electrons. The van der Waals surface area contributed by atoms with E-state index in [0.29, 0.717) is 0 Å². The summed E-state index contributed by atoms with van der Waals surface area (Å²) in [4.78, 5) is 8.27. The van der Waals surface area contributed by atoms with Crippen LogP contribution < -0.4 is 14.7 Å². The van der Waals surface area contributed by atoms with Gasteiger partial charge in [0.2, 0.25) is 0 Å². The molecule has 11 rings (SSSR count). The number of benzene rings is 6. The summed E-state index contributed by atoms with van der Waals surface area (Å²) in [5.74, 6) is 0. The highest BCUT2D eigenvalue weighted by Crippen LogP contribution is 2.60. The lowest BCUT2D eigenvalue weighted by molar-refractivity contribution is 0.177. The van der Waals surface area contributed by atoms with Crippen LogP contribution in [0.2, 0.25) is 0 Å². The molecule has 2 heterocycles. The largest absolute Gasteiger partial charge is 0.358 e. The van der Waals surface area contributed by atoms with Crippen LogP contribution >= 0.6 is 11.3 Å². The first kappa shape index (κ1) is 52.2. The van der Waals surface area contributed by atoms with Crippen LogP contribution in [0.15, 0.2) is 162 Å². The second-order valence-electron chi connectivity index (χ2n) is 28.1. The molecule has 0 saturated heterocycles. The molecule has 7 aromatic rings. The molecular weight excluding hydrogens is 939 g/mol. The number of hydrogen-bond acceptors (Lipinski definition) is 4. The summed E-state index contributed by atoms with van der Waals surface area (Å²) >= 11 is 1.91. The van der Waals surface area contributed by atoms with Gasteiger partial charge in [0.05, 0.1) is 17.4 Å². The van der Waals surface area contributed by atoms with Crippen molar-refractivity contribution in [2.24, 2.45) is 0 Å². The number of anilines is 5. The normalized spacial score (nSPS) is 22.1. The third-order valence-electron chi connectivity index (χ3n) is 18.9. The van der Waals surface area contributed by atoms with Crippen molar-refractivity contribution in [1.29, 1.82) is 0 Å². The number of nitrogens with zero attached hydrogens (tertiary/aromatic N) is 3. The minimum atomic E-state index is -0.0896. The number of allylic oxidation sites excluding steroid dienone is 1. The summed E-state index contributed by atoms with van der Waals surface area (Å²) in [6, 6.07) is 52.1. The van der Waals surface area contributed by atoms with Gasteiger partial charge in [-0.25, -0.2) is 0 Å². The van der Waals surface area contributed by atoms with Crippen LogP contribution in [-0.2, 0) is 32.5 Å². The molecule has 76 heavy (non-hydrogen) atoms. The molecule has 3 atom stereocenters. The Bertz CT molecular complexity index is 3360. The van der Waals surface area contributed by atoms with E-state index in [0.717, 1.165) is 12.8 Å². The molecule has 6 aromatic carbocycles. The molecular formula is C72H85N3S. The Morgan fingerprint density at radius 3 is 1.74 bits per heavy atom. The smallest absolute Gasteiger partial charge is 0.0647 e. The highest BCUT2D eigenvalue weighted by atomic mass is 32.1. The Balaban J connectivity index is 1.24. The van der Waals surface area contributed by atoms with E-state index in [2.05, 4.69) is 270 Å². The first-order valence-electron chi connectivity index (χ1n) is 28.7. The minimum absolute atomic E-state index is 0.0190. The average molecular weight is 1020 g/mol. The predicted molar refractivity (Wildman–Crippen MR) is 330 cm³/mol. The lowest BCUT2D eigenvalue weighted by Crippen LogP contribution is -2.59. The predicted octanol–water partition coefficient (Wildman–Crippen LogP) is 20.4. The average Bonchev–Trinajstić information content (AvgIpc) is 3.91. The topological polar surface area (TPSA) is 9.72 Å². The van der Waals surface area contributed by atoms with Gasteiger partial charge in [0, 0.05) is 66.9 Å².